The highest BCUT2D eigenvalue weighted by molar-refractivity contribution is 5.74. The van der Waals surface area contributed by atoms with Crippen LogP contribution in [0.5, 0.6) is 11.5 Å². The molecule has 1 saturated carbocycles. The molecule has 0 radical (unpaired) electrons. The summed E-state index contributed by atoms with van der Waals surface area (Å²) < 4.78 is 12.0. The van der Waals surface area contributed by atoms with E-state index < -0.39 is 0 Å². The summed E-state index contributed by atoms with van der Waals surface area (Å²) in [4.78, 5) is 25.9. The number of amides is 1. The van der Waals surface area contributed by atoms with Gasteiger partial charge in [0.1, 0.15) is 6.10 Å². The Labute approximate surface area is 159 Å². The lowest BCUT2D eigenvalue weighted by molar-refractivity contribution is -0.132. The highest BCUT2D eigenvalue weighted by Gasteiger charge is 2.65. The molecule has 2 fully saturated rings. The van der Waals surface area contributed by atoms with Crippen LogP contribution in [-0.2, 0) is 21.4 Å². The van der Waals surface area contributed by atoms with Crippen molar-refractivity contribution in [1.82, 2.24) is 10.2 Å². The molecule has 6 nitrogen and oxygen atoms in total. The van der Waals surface area contributed by atoms with Crippen molar-refractivity contribution in [1.29, 1.82) is 0 Å². The average molecular weight is 370 g/mol. The molecule has 27 heavy (non-hydrogen) atoms. The summed E-state index contributed by atoms with van der Waals surface area (Å²) in [7, 11) is 2.22. The molecule has 5 atom stereocenters. The fourth-order valence-electron chi connectivity index (χ4n) is 6.37. The van der Waals surface area contributed by atoms with E-state index in [1.165, 1.54) is 18.1 Å². The lowest BCUT2D eigenvalue weighted by Crippen LogP contribution is -2.68. The van der Waals surface area contributed by atoms with Gasteiger partial charge < -0.3 is 19.7 Å². The second-order valence-corrected chi connectivity index (χ2v) is 8.59. The van der Waals surface area contributed by atoms with Crippen molar-refractivity contribution < 1.29 is 19.1 Å². The number of nitrogens with zero attached hydrogens (tertiary/aromatic N) is 1. The van der Waals surface area contributed by atoms with Crippen molar-refractivity contribution in [3.05, 3.63) is 23.3 Å². The Kier molecular flexibility index (Phi) is 3.60. The molecular weight excluding hydrogens is 344 g/mol. The first-order chi connectivity index (χ1) is 12.9. The second kappa shape index (κ2) is 5.71. The van der Waals surface area contributed by atoms with Crippen molar-refractivity contribution in [2.24, 2.45) is 5.92 Å². The summed E-state index contributed by atoms with van der Waals surface area (Å²) in [5, 5.41) is 3.14. The molecule has 2 bridgehead atoms. The van der Waals surface area contributed by atoms with Crippen LogP contribution in [0.3, 0.4) is 0 Å². The topological polar surface area (TPSA) is 67.9 Å². The monoisotopic (exact) mass is 370 g/mol. The minimum Gasteiger partial charge on any atom is -0.483 e. The summed E-state index contributed by atoms with van der Waals surface area (Å²) in [6.07, 6.45) is 3.92. The van der Waals surface area contributed by atoms with Crippen molar-refractivity contribution in [2.45, 2.75) is 63.1 Å². The fourth-order valence-corrected chi connectivity index (χ4v) is 6.37. The van der Waals surface area contributed by atoms with Gasteiger partial charge in [-0.05, 0) is 56.8 Å². The van der Waals surface area contributed by atoms with Gasteiger partial charge in [-0.1, -0.05) is 6.07 Å². The summed E-state index contributed by atoms with van der Waals surface area (Å²) in [5.74, 6) is 1.40. The number of likely N-dealkylation sites (N-methyl/N-ethyl adjacent to an activating group) is 1. The van der Waals surface area contributed by atoms with Gasteiger partial charge in [0, 0.05) is 30.9 Å². The molecule has 1 spiro atoms. The Morgan fingerprint density at radius 3 is 2.85 bits per heavy atom. The third-order valence-electron chi connectivity index (χ3n) is 7.22. The Morgan fingerprint density at radius 1 is 1.30 bits per heavy atom. The summed E-state index contributed by atoms with van der Waals surface area (Å²) in [5.41, 5.74) is 2.46. The van der Waals surface area contributed by atoms with Gasteiger partial charge in [-0.15, -0.1) is 0 Å². The van der Waals surface area contributed by atoms with Crippen LogP contribution >= 0.6 is 0 Å². The van der Waals surface area contributed by atoms with Gasteiger partial charge in [0.05, 0.1) is 6.04 Å². The first kappa shape index (κ1) is 17.0. The van der Waals surface area contributed by atoms with Crippen LogP contribution in [0.4, 0.5) is 0 Å². The largest absolute Gasteiger partial charge is 0.483 e. The summed E-state index contributed by atoms with van der Waals surface area (Å²) >= 11 is 0. The summed E-state index contributed by atoms with van der Waals surface area (Å²) in [6.45, 7) is 4.01. The average Bonchev–Trinajstić information content (AvgIpc) is 2.95. The molecule has 6 heteroatoms. The van der Waals surface area contributed by atoms with E-state index in [1.807, 2.05) is 6.07 Å². The quantitative estimate of drug-likeness (QED) is 0.635. The number of carbonyl (C=O) groups excluding carboxylic acids is 2. The van der Waals surface area contributed by atoms with Crippen LogP contribution in [0.15, 0.2) is 12.1 Å². The predicted molar refractivity (Wildman–Crippen MR) is 98.9 cm³/mol. The van der Waals surface area contributed by atoms with Gasteiger partial charge in [0.2, 0.25) is 5.91 Å². The fraction of sp³-hybridized carbons (Fsp3) is 0.619. The number of benzene rings is 1. The van der Waals surface area contributed by atoms with Crippen molar-refractivity contribution in [3.8, 4) is 11.5 Å². The third-order valence-corrected chi connectivity index (χ3v) is 7.22. The smallest absolute Gasteiger partial charge is 0.308 e. The van der Waals surface area contributed by atoms with Gasteiger partial charge in [0.15, 0.2) is 11.5 Å². The molecule has 0 aromatic heterocycles. The Bertz CT molecular complexity index is 838. The van der Waals surface area contributed by atoms with Crippen molar-refractivity contribution in [2.75, 3.05) is 13.6 Å². The minimum absolute atomic E-state index is 0.00802. The predicted octanol–water partition coefficient (Wildman–Crippen LogP) is 1.79. The molecule has 1 aromatic carbocycles. The lowest BCUT2D eigenvalue weighted by atomic mass is 9.51. The highest BCUT2D eigenvalue weighted by Crippen LogP contribution is 2.63. The number of esters is 1. The van der Waals surface area contributed by atoms with E-state index in [9.17, 15) is 9.59 Å². The normalized spacial score (nSPS) is 35.8. The summed E-state index contributed by atoms with van der Waals surface area (Å²) in [6, 6.07) is 4.47. The number of ether oxygens (including phenoxy) is 2. The van der Waals surface area contributed by atoms with Crippen LogP contribution in [0, 0.1) is 5.92 Å². The lowest BCUT2D eigenvalue weighted by Gasteiger charge is -2.59. The van der Waals surface area contributed by atoms with Crippen LogP contribution in [0.2, 0.25) is 0 Å². The van der Waals surface area contributed by atoms with E-state index >= 15 is 0 Å². The Hall–Kier alpha value is -2.08. The van der Waals surface area contributed by atoms with Crippen molar-refractivity contribution >= 4 is 11.9 Å². The molecule has 144 valence electrons. The van der Waals surface area contributed by atoms with E-state index in [2.05, 4.69) is 23.3 Å². The highest BCUT2D eigenvalue weighted by atomic mass is 16.6. The number of hydrogen-bond donors (Lipinski definition) is 1. The molecule has 1 N–H and O–H groups in total. The number of piperidine rings is 1. The van der Waals surface area contributed by atoms with Gasteiger partial charge in [0.25, 0.3) is 0 Å². The number of rotatable bonds is 2. The van der Waals surface area contributed by atoms with Gasteiger partial charge >= 0.3 is 5.97 Å². The van der Waals surface area contributed by atoms with Gasteiger partial charge in [-0.2, -0.15) is 0 Å². The Balaban J connectivity index is 1.69. The SMILES string of the molecule is CC(=O)NC1CCC2C3Cc4ccc(OC(C)=O)c5c4C2(CCN3C)C1O5. The van der Waals surface area contributed by atoms with Gasteiger partial charge in [-0.3, -0.25) is 9.59 Å². The first-order valence-corrected chi connectivity index (χ1v) is 9.90. The maximum absolute atomic E-state index is 11.8. The van der Waals surface area contributed by atoms with Crippen LogP contribution in [0.25, 0.3) is 0 Å². The van der Waals surface area contributed by atoms with Crippen LogP contribution in [-0.4, -0.2) is 48.6 Å². The zero-order chi connectivity index (χ0) is 18.9. The third kappa shape index (κ3) is 2.22. The molecule has 2 aliphatic carbocycles. The zero-order valence-electron chi connectivity index (χ0n) is 16.1. The van der Waals surface area contributed by atoms with E-state index in [1.54, 1.807) is 6.92 Å². The van der Waals surface area contributed by atoms with Crippen LogP contribution in [0.1, 0.15) is 44.2 Å². The second-order valence-electron chi connectivity index (χ2n) is 8.59. The molecule has 1 amide bonds. The molecule has 2 heterocycles. The molecule has 4 aliphatic rings. The zero-order valence-corrected chi connectivity index (χ0v) is 16.1. The van der Waals surface area contributed by atoms with E-state index in [-0.39, 0.29) is 29.4 Å². The van der Waals surface area contributed by atoms with Crippen LogP contribution < -0.4 is 14.8 Å². The molecular formula is C21H26N2O4. The number of hydrogen-bond acceptors (Lipinski definition) is 5. The molecule has 5 unspecified atom stereocenters. The molecule has 1 saturated heterocycles. The maximum Gasteiger partial charge on any atom is 0.308 e. The first-order valence-electron chi connectivity index (χ1n) is 9.90. The number of carbonyl (C=O) groups is 2. The maximum atomic E-state index is 11.8. The van der Waals surface area contributed by atoms with E-state index in [4.69, 9.17) is 9.47 Å². The number of likely N-dealkylation sites (tertiary alicyclic amines) is 1. The molecule has 2 aliphatic heterocycles. The number of nitrogens with one attached hydrogen (secondary N) is 1. The molecule has 1 aromatic rings. The van der Waals surface area contributed by atoms with Gasteiger partial charge in [-0.25, -0.2) is 0 Å². The molecule has 5 rings (SSSR count). The minimum atomic E-state index is -0.339. The van der Waals surface area contributed by atoms with Crippen molar-refractivity contribution in [3.63, 3.8) is 0 Å². The standard InChI is InChI=1S/C21H26N2O4/c1-11(24)22-15-6-5-14-16-10-13-4-7-17(26-12(2)25)19-18(13)21(14,20(15)27-19)8-9-23(16)3/h4,7,14-16,20H,5-6,8-10H2,1-3H3,(H,22,24). The van der Waals surface area contributed by atoms with E-state index in [0.29, 0.717) is 17.7 Å². The Morgan fingerprint density at radius 2 is 2.11 bits per heavy atom. The van der Waals surface area contributed by atoms with E-state index in [0.717, 1.165) is 38.0 Å².